The maximum atomic E-state index is 11.8. The van der Waals surface area contributed by atoms with Crippen LogP contribution in [0.15, 0.2) is 0 Å². The Labute approximate surface area is 113 Å². The summed E-state index contributed by atoms with van der Waals surface area (Å²) in [5, 5.41) is 11.8. The largest absolute Gasteiger partial charge is 0.481 e. The molecule has 104 valence electrons. The van der Waals surface area contributed by atoms with Crippen LogP contribution in [0, 0.1) is 17.3 Å². The predicted octanol–water partition coefficient (Wildman–Crippen LogP) is 1.99. The first kappa shape index (κ1) is 15.3. The van der Waals surface area contributed by atoms with E-state index in [0.29, 0.717) is 6.54 Å². The van der Waals surface area contributed by atoms with Crippen molar-refractivity contribution in [3.05, 3.63) is 0 Å². The third-order valence-electron chi connectivity index (χ3n) is 3.70. The van der Waals surface area contributed by atoms with Crippen LogP contribution in [0.2, 0.25) is 0 Å². The van der Waals surface area contributed by atoms with Crippen molar-refractivity contribution in [3.8, 4) is 0 Å². The molecular formula is C13H23NO3S. The maximum absolute atomic E-state index is 11.8. The molecule has 1 aliphatic rings. The highest BCUT2D eigenvalue weighted by atomic mass is 32.2. The molecule has 18 heavy (non-hydrogen) atoms. The molecule has 0 spiro atoms. The average molecular weight is 273 g/mol. The van der Waals surface area contributed by atoms with Crippen LogP contribution in [-0.4, -0.2) is 35.5 Å². The van der Waals surface area contributed by atoms with Gasteiger partial charge in [-0.1, -0.05) is 20.3 Å². The maximum Gasteiger partial charge on any atom is 0.307 e. The summed E-state index contributed by atoms with van der Waals surface area (Å²) in [6.07, 6.45) is 5.33. The van der Waals surface area contributed by atoms with Gasteiger partial charge < -0.3 is 10.4 Å². The molecule has 2 N–H and O–H groups in total. The van der Waals surface area contributed by atoms with Gasteiger partial charge in [-0.05, 0) is 30.3 Å². The fraction of sp³-hybridized carbons (Fsp3) is 0.846. The topological polar surface area (TPSA) is 66.4 Å². The van der Waals surface area contributed by atoms with E-state index in [0.717, 1.165) is 18.6 Å². The Morgan fingerprint density at radius 1 is 1.22 bits per heavy atom. The molecule has 0 saturated heterocycles. The Hall–Kier alpha value is -0.710. The zero-order valence-corrected chi connectivity index (χ0v) is 12.2. The molecule has 1 aliphatic carbocycles. The summed E-state index contributed by atoms with van der Waals surface area (Å²) in [6.45, 7) is 4.34. The van der Waals surface area contributed by atoms with Crippen molar-refractivity contribution in [3.63, 3.8) is 0 Å². The molecule has 1 rings (SSSR count). The molecule has 0 aromatic heterocycles. The Balaban J connectivity index is 2.21. The number of aliphatic carboxylic acids is 1. The molecular weight excluding hydrogens is 250 g/mol. The Kier molecular flexibility index (Phi) is 5.50. The van der Waals surface area contributed by atoms with E-state index >= 15 is 0 Å². The highest BCUT2D eigenvalue weighted by Gasteiger charge is 2.65. The van der Waals surface area contributed by atoms with Gasteiger partial charge in [0.1, 0.15) is 0 Å². The molecule has 1 saturated carbocycles. The van der Waals surface area contributed by atoms with Crippen molar-refractivity contribution in [2.45, 2.75) is 33.1 Å². The second-order valence-electron chi connectivity index (χ2n) is 5.46. The summed E-state index contributed by atoms with van der Waals surface area (Å²) in [5.41, 5.74) is -0.394. The lowest BCUT2D eigenvalue weighted by atomic mass is 10.1. The van der Waals surface area contributed by atoms with E-state index in [1.54, 1.807) is 0 Å². The quantitative estimate of drug-likeness (QED) is 0.664. The molecule has 2 unspecified atom stereocenters. The van der Waals surface area contributed by atoms with Gasteiger partial charge in [0.05, 0.1) is 11.8 Å². The summed E-state index contributed by atoms with van der Waals surface area (Å²) in [7, 11) is 0. The number of hydrogen-bond donors (Lipinski definition) is 2. The third-order valence-corrected chi connectivity index (χ3v) is 4.40. The minimum atomic E-state index is -0.861. The summed E-state index contributed by atoms with van der Waals surface area (Å²) >= 11 is 1.83. The lowest BCUT2D eigenvalue weighted by Gasteiger charge is -2.05. The van der Waals surface area contributed by atoms with E-state index in [2.05, 4.69) is 11.6 Å². The number of carbonyl (C=O) groups is 2. The number of nitrogens with one attached hydrogen (secondary N) is 1. The van der Waals surface area contributed by atoms with E-state index in [1.165, 1.54) is 6.42 Å². The number of carbonyl (C=O) groups excluding carboxylic acids is 1. The first-order valence-corrected chi connectivity index (χ1v) is 7.81. The van der Waals surface area contributed by atoms with Gasteiger partial charge in [-0.25, -0.2) is 0 Å². The van der Waals surface area contributed by atoms with Crippen molar-refractivity contribution in [2.75, 3.05) is 18.6 Å². The van der Waals surface area contributed by atoms with Crippen molar-refractivity contribution in [2.24, 2.45) is 17.3 Å². The first-order chi connectivity index (χ1) is 8.42. The molecule has 2 atom stereocenters. The SMILES string of the molecule is CSCCCCCNC(=O)C1C(C(=O)O)C1(C)C. The molecule has 0 heterocycles. The van der Waals surface area contributed by atoms with Crippen molar-refractivity contribution < 1.29 is 14.7 Å². The van der Waals surface area contributed by atoms with Crippen LogP contribution in [0.1, 0.15) is 33.1 Å². The number of hydrogen-bond acceptors (Lipinski definition) is 3. The average Bonchev–Trinajstić information content (AvgIpc) is 2.86. The van der Waals surface area contributed by atoms with Gasteiger partial charge in [-0.15, -0.1) is 0 Å². The number of rotatable bonds is 8. The van der Waals surface area contributed by atoms with Crippen LogP contribution in [0.4, 0.5) is 0 Å². The monoisotopic (exact) mass is 273 g/mol. The minimum Gasteiger partial charge on any atom is -0.481 e. The molecule has 0 aromatic rings. The van der Waals surface area contributed by atoms with Gasteiger partial charge in [-0.2, -0.15) is 11.8 Å². The van der Waals surface area contributed by atoms with E-state index in [1.807, 2.05) is 25.6 Å². The zero-order valence-electron chi connectivity index (χ0n) is 11.4. The van der Waals surface area contributed by atoms with E-state index in [4.69, 9.17) is 5.11 Å². The molecule has 0 aromatic carbocycles. The van der Waals surface area contributed by atoms with Crippen molar-refractivity contribution in [1.29, 1.82) is 0 Å². The van der Waals surface area contributed by atoms with Gasteiger partial charge in [0.25, 0.3) is 0 Å². The smallest absolute Gasteiger partial charge is 0.307 e. The van der Waals surface area contributed by atoms with Gasteiger partial charge >= 0.3 is 5.97 Å². The summed E-state index contributed by atoms with van der Waals surface area (Å²) < 4.78 is 0. The van der Waals surface area contributed by atoms with Gasteiger partial charge in [-0.3, -0.25) is 9.59 Å². The van der Waals surface area contributed by atoms with Crippen LogP contribution in [-0.2, 0) is 9.59 Å². The summed E-state index contributed by atoms with van der Waals surface area (Å²) in [5.74, 6) is -0.683. The van der Waals surface area contributed by atoms with E-state index in [-0.39, 0.29) is 11.8 Å². The summed E-state index contributed by atoms with van der Waals surface area (Å²) in [4.78, 5) is 22.8. The summed E-state index contributed by atoms with van der Waals surface area (Å²) in [6, 6.07) is 0. The number of carboxylic acid groups (broad SMARTS) is 1. The minimum absolute atomic E-state index is 0.0998. The van der Waals surface area contributed by atoms with E-state index < -0.39 is 17.3 Å². The van der Waals surface area contributed by atoms with Gasteiger partial charge in [0.2, 0.25) is 5.91 Å². The van der Waals surface area contributed by atoms with Crippen LogP contribution >= 0.6 is 11.8 Å². The molecule has 1 fully saturated rings. The normalized spacial score (nSPS) is 24.6. The molecule has 0 radical (unpaired) electrons. The number of amides is 1. The lowest BCUT2D eigenvalue weighted by Crippen LogP contribution is -2.28. The number of thioether (sulfide) groups is 1. The molecule has 4 nitrogen and oxygen atoms in total. The van der Waals surface area contributed by atoms with Gasteiger partial charge in [0.15, 0.2) is 0 Å². The Morgan fingerprint density at radius 3 is 2.39 bits per heavy atom. The second-order valence-corrected chi connectivity index (χ2v) is 6.45. The third kappa shape index (κ3) is 3.64. The highest BCUT2D eigenvalue weighted by molar-refractivity contribution is 7.98. The fourth-order valence-electron chi connectivity index (χ4n) is 2.46. The van der Waals surface area contributed by atoms with Crippen molar-refractivity contribution in [1.82, 2.24) is 5.32 Å². The molecule has 5 heteroatoms. The standard InChI is InChI=1S/C13H23NO3S/c1-13(2)9(10(13)12(16)17)11(15)14-7-5-4-6-8-18-3/h9-10H,4-8H2,1-3H3,(H,14,15)(H,16,17). The highest BCUT2D eigenvalue weighted by Crippen LogP contribution is 2.58. The fourth-order valence-corrected chi connectivity index (χ4v) is 2.95. The van der Waals surface area contributed by atoms with E-state index in [9.17, 15) is 9.59 Å². The van der Waals surface area contributed by atoms with Crippen LogP contribution in [0.5, 0.6) is 0 Å². The predicted molar refractivity (Wildman–Crippen MR) is 73.6 cm³/mol. The van der Waals surface area contributed by atoms with Crippen molar-refractivity contribution >= 4 is 23.6 Å². The first-order valence-electron chi connectivity index (χ1n) is 6.42. The van der Waals surface area contributed by atoms with Gasteiger partial charge in [0, 0.05) is 6.54 Å². The molecule has 0 aliphatic heterocycles. The van der Waals surface area contributed by atoms with Crippen LogP contribution in [0.25, 0.3) is 0 Å². The number of unbranched alkanes of at least 4 members (excludes halogenated alkanes) is 2. The van der Waals surface area contributed by atoms with Crippen LogP contribution < -0.4 is 5.32 Å². The molecule has 1 amide bonds. The van der Waals surface area contributed by atoms with Crippen LogP contribution in [0.3, 0.4) is 0 Å². The number of carboxylic acids is 1. The zero-order chi connectivity index (χ0) is 13.8. The second kappa shape index (κ2) is 6.45. The Bertz CT molecular complexity index is 317. The lowest BCUT2D eigenvalue weighted by molar-refractivity contribution is -0.140. The molecule has 0 bridgehead atoms. The Morgan fingerprint density at radius 2 is 1.89 bits per heavy atom.